The minimum Gasteiger partial charge on any atom is -0.322 e. The molecule has 0 aromatic heterocycles. The number of hydrogen-bond acceptors (Lipinski definition) is 2. The molecule has 1 aliphatic heterocycles. The maximum absolute atomic E-state index is 14.1. The number of thioether (sulfide) groups is 1. The van der Waals surface area contributed by atoms with E-state index in [9.17, 15) is 9.18 Å². The zero-order valence-corrected chi connectivity index (χ0v) is 14.7. The highest BCUT2D eigenvalue weighted by Crippen LogP contribution is 2.39. The van der Waals surface area contributed by atoms with Crippen molar-refractivity contribution >= 4 is 17.7 Å². The summed E-state index contributed by atoms with van der Waals surface area (Å²) in [6.07, 6.45) is 3.36. The molecule has 2 aromatic rings. The molecule has 1 aliphatic rings. The molecule has 126 valence electrons. The fourth-order valence-electron chi connectivity index (χ4n) is 2.97. The number of carbonyl (C=O) groups excluding carboxylic acids is 1. The molecule has 0 aliphatic carbocycles. The van der Waals surface area contributed by atoms with Gasteiger partial charge in [-0.15, -0.1) is 11.8 Å². The molecule has 1 atom stereocenters. The molecule has 1 amide bonds. The summed E-state index contributed by atoms with van der Waals surface area (Å²) in [5.41, 5.74) is 2.53. The zero-order valence-electron chi connectivity index (χ0n) is 13.9. The first kappa shape index (κ1) is 17.0. The summed E-state index contributed by atoms with van der Waals surface area (Å²) >= 11 is 1.62. The smallest absolute Gasteiger partial charge is 0.255 e. The molecule has 0 radical (unpaired) electrons. The molecule has 1 fully saturated rings. The summed E-state index contributed by atoms with van der Waals surface area (Å²) in [5, 5.41) is -0.238. The van der Waals surface area contributed by atoms with Gasteiger partial charge >= 0.3 is 0 Å². The van der Waals surface area contributed by atoms with Crippen LogP contribution >= 0.6 is 11.8 Å². The van der Waals surface area contributed by atoms with Gasteiger partial charge in [0.1, 0.15) is 11.2 Å². The van der Waals surface area contributed by atoms with E-state index in [1.54, 1.807) is 28.8 Å². The monoisotopic (exact) mass is 343 g/mol. The Hall–Kier alpha value is -1.81. The summed E-state index contributed by atoms with van der Waals surface area (Å²) < 4.78 is 14.1. The lowest BCUT2D eigenvalue weighted by Gasteiger charge is -2.24. The predicted molar refractivity (Wildman–Crippen MR) is 97.7 cm³/mol. The van der Waals surface area contributed by atoms with E-state index in [0.29, 0.717) is 17.7 Å². The van der Waals surface area contributed by atoms with E-state index in [1.165, 1.54) is 11.6 Å². The second-order valence-electron chi connectivity index (χ2n) is 6.04. The molecule has 4 heteroatoms. The van der Waals surface area contributed by atoms with Crippen LogP contribution < -0.4 is 0 Å². The van der Waals surface area contributed by atoms with Crippen LogP contribution in [0.15, 0.2) is 48.5 Å². The van der Waals surface area contributed by atoms with Gasteiger partial charge in [-0.25, -0.2) is 4.39 Å². The van der Waals surface area contributed by atoms with Crippen molar-refractivity contribution in [2.45, 2.75) is 31.6 Å². The van der Waals surface area contributed by atoms with E-state index in [-0.39, 0.29) is 17.1 Å². The van der Waals surface area contributed by atoms with Gasteiger partial charge in [0.25, 0.3) is 5.91 Å². The van der Waals surface area contributed by atoms with Crippen LogP contribution in [0.25, 0.3) is 0 Å². The molecular weight excluding hydrogens is 321 g/mol. The van der Waals surface area contributed by atoms with Crippen molar-refractivity contribution in [3.05, 3.63) is 71.0 Å². The van der Waals surface area contributed by atoms with Crippen molar-refractivity contribution in [2.24, 2.45) is 0 Å². The van der Waals surface area contributed by atoms with Gasteiger partial charge in [-0.05, 0) is 36.6 Å². The van der Waals surface area contributed by atoms with Crippen molar-refractivity contribution in [3.63, 3.8) is 0 Å². The standard InChI is InChI=1S/C20H22FNOS/c1-2-3-6-15-9-11-16(12-10-15)19(23)22-13-14-24-20(22)17-7-4-5-8-18(17)21/h4-5,7-12,20H,2-3,6,13-14H2,1H3/t20-/m1/s1. The molecule has 0 unspecified atom stereocenters. The zero-order chi connectivity index (χ0) is 16.9. The Balaban J connectivity index is 1.77. The van der Waals surface area contributed by atoms with Crippen molar-refractivity contribution in [1.82, 2.24) is 4.90 Å². The fourth-order valence-corrected chi connectivity index (χ4v) is 4.25. The Kier molecular flexibility index (Phi) is 5.56. The number of nitrogens with zero attached hydrogens (tertiary/aromatic N) is 1. The highest BCUT2D eigenvalue weighted by molar-refractivity contribution is 7.99. The van der Waals surface area contributed by atoms with Gasteiger partial charge in [-0.1, -0.05) is 43.7 Å². The number of unbranched alkanes of at least 4 members (excludes halogenated alkanes) is 1. The van der Waals surface area contributed by atoms with E-state index < -0.39 is 0 Å². The Morgan fingerprint density at radius 1 is 1.21 bits per heavy atom. The molecule has 2 nitrogen and oxygen atoms in total. The molecule has 2 aromatic carbocycles. The van der Waals surface area contributed by atoms with Crippen LogP contribution in [0.4, 0.5) is 4.39 Å². The Morgan fingerprint density at radius 3 is 2.67 bits per heavy atom. The summed E-state index contributed by atoms with van der Waals surface area (Å²) in [6.45, 7) is 2.83. The van der Waals surface area contributed by atoms with Crippen molar-refractivity contribution in [3.8, 4) is 0 Å². The van der Waals surface area contributed by atoms with Gasteiger partial charge in [-0.2, -0.15) is 0 Å². The van der Waals surface area contributed by atoms with Crippen LogP contribution in [0.2, 0.25) is 0 Å². The number of amides is 1. The first-order valence-corrected chi connectivity index (χ1v) is 9.51. The third-order valence-corrected chi connectivity index (χ3v) is 5.59. The average Bonchev–Trinajstić information content (AvgIpc) is 3.09. The molecular formula is C20H22FNOS. The molecule has 0 bridgehead atoms. The predicted octanol–water partition coefficient (Wildman–Crippen LogP) is 5.06. The van der Waals surface area contributed by atoms with E-state index >= 15 is 0 Å². The summed E-state index contributed by atoms with van der Waals surface area (Å²) in [6, 6.07) is 14.6. The van der Waals surface area contributed by atoms with Crippen molar-refractivity contribution in [2.75, 3.05) is 12.3 Å². The van der Waals surface area contributed by atoms with Gasteiger partial charge in [0.05, 0.1) is 0 Å². The van der Waals surface area contributed by atoms with Crippen LogP contribution in [0.3, 0.4) is 0 Å². The van der Waals surface area contributed by atoms with Crippen LogP contribution in [-0.2, 0) is 6.42 Å². The van der Waals surface area contributed by atoms with Gasteiger partial charge in [0, 0.05) is 23.4 Å². The third kappa shape index (κ3) is 3.64. The molecule has 0 saturated carbocycles. The molecule has 24 heavy (non-hydrogen) atoms. The lowest BCUT2D eigenvalue weighted by atomic mass is 10.1. The topological polar surface area (TPSA) is 20.3 Å². The van der Waals surface area contributed by atoms with E-state index in [0.717, 1.165) is 25.0 Å². The number of carbonyl (C=O) groups is 1. The van der Waals surface area contributed by atoms with E-state index in [2.05, 4.69) is 6.92 Å². The highest BCUT2D eigenvalue weighted by atomic mass is 32.2. The molecule has 1 heterocycles. The first-order valence-electron chi connectivity index (χ1n) is 8.46. The lowest BCUT2D eigenvalue weighted by Crippen LogP contribution is -2.30. The Labute approximate surface area is 147 Å². The summed E-state index contributed by atoms with van der Waals surface area (Å²) in [4.78, 5) is 14.6. The third-order valence-electron chi connectivity index (χ3n) is 4.34. The summed E-state index contributed by atoms with van der Waals surface area (Å²) in [5.74, 6) is 0.569. The molecule has 0 spiro atoms. The molecule has 0 N–H and O–H groups in total. The second kappa shape index (κ2) is 7.84. The largest absolute Gasteiger partial charge is 0.322 e. The fraction of sp³-hybridized carbons (Fsp3) is 0.350. The molecule has 1 saturated heterocycles. The SMILES string of the molecule is CCCCc1ccc(C(=O)N2CCS[C@@H]2c2ccccc2F)cc1. The van der Waals surface area contributed by atoms with Crippen molar-refractivity contribution in [1.29, 1.82) is 0 Å². The van der Waals surface area contributed by atoms with Crippen LogP contribution in [0.1, 0.15) is 46.6 Å². The van der Waals surface area contributed by atoms with E-state index in [1.807, 2.05) is 30.3 Å². The van der Waals surface area contributed by atoms with Crippen LogP contribution in [0.5, 0.6) is 0 Å². The Morgan fingerprint density at radius 2 is 1.96 bits per heavy atom. The summed E-state index contributed by atoms with van der Waals surface area (Å²) in [7, 11) is 0. The van der Waals surface area contributed by atoms with Gasteiger partial charge in [0.2, 0.25) is 0 Å². The average molecular weight is 343 g/mol. The number of halogens is 1. The minimum absolute atomic E-state index is 0.0182. The van der Waals surface area contributed by atoms with Crippen LogP contribution in [-0.4, -0.2) is 23.1 Å². The number of rotatable bonds is 5. The maximum atomic E-state index is 14.1. The maximum Gasteiger partial charge on any atom is 0.255 e. The lowest BCUT2D eigenvalue weighted by molar-refractivity contribution is 0.0759. The Bertz CT molecular complexity index is 701. The van der Waals surface area contributed by atoms with Crippen LogP contribution in [0, 0.1) is 5.82 Å². The quantitative estimate of drug-likeness (QED) is 0.756. The number of hydrogen-bond donors (Lipinski definition) is 0. The second-order valence-corrected chi connectivity index (χ2v) is 7.23. The minimum atomic E-state index is -0.246. The normalized spacial score (nSPS) is 17.2. The van der Waals surface area contributed by atoms with E-state index in [4.69, 9.17) is 0 Å². The number of aryl methyl sites for hydroxylation is 1. The molecule has 3 rings (SSSR count). The van der Waals surface area contributed by atoms with Crippen molar-refractivity contribution < 1.29 is 9.18 Å². The van der Waals surface area contributed by atoms with Gasteiger partial charge in [0.15, 0.2) is 0 Å². The first-order chi connectivity index (χ1) is 11.7. The van der Waals surface area contributed by atoms with Gasteiger partial charge in [-0.3, -0.25) is 4.79 Å². The highest BCUT2D eigenvalue weighted by Gasteiger charge is 2.32. The number of benzene rings is 2. The van der Waals surface area contributed by atoms with Gasteiger partial charge < -0.3 is 4.90 Å².